The molecule has 5 nitrogen and oxygen atoms in total. The normalized spacial score (nSPS) is 16.1. The molecule has 21 heavy (non-hydrogen) atoms. The third-order valence-corrected chi connectivity index (χ3v) is 4.12. The molecule has 0 unspecified atom stereocenters. The minimum absolute atomic E-state index is 0.0973. The highest BCUT2D eigenvalue weighted by Gasteiger charge is 2.24. The van der Waals surface area contributed by atoms with Gasteiger partial charge in [-0.1, -0.05) is 12.1 Å². The smallest absolute Gasteiger partial charge is 0.222 e. The van der Waals surface area contributed by atoms with Crippen LogP contribution in [0.2, 0.25) is 0 Å². The lowest BCUT2D eigenvalue weighted by Crippen LogP contribution is -2.39. The number of fused-ring (bicyclic) bond motifs is 1. The molecule has 2 aromatic rings. The molecule has 5 heteroatoms. The van der Waals surface area contributed by atoms with Gasteiger partial charge in [0, 0.05) is 31.4 Å². The third-order valence-electron chi connectivity index (χ3n) is 4.12. The molecule has 2 N–H and O–H groups in total. The topological polar surface area (TPSA) is 65.5 Å². The Kier molecular flexibility index (Phi) is 3.64. The van der Waals surface area contributed by atoms with Crippen molar-refractivity contribution in [2.24, 2.45) is 5.92 Å². The van der Waals surface area contributed by atoms with Crippen LogP contribution in [0.3, 0.4) is 0 Å². The van der Waals surface area contributed by atoms with Crippen molar-refractivity contribution in [3.05, 3.63) is 30.3 Å². The number of para-hydroxylation sites is 1. The first kappa shape index (κ1) is 13.7. The highest BCUT2D eigenvalue weighted by molar-refractivity contribution is 5.85. The SMILES string of the molecule is CNC(=O)C1CCN(c2ccc3cccc(O)c3n2)CC1. The van der Waals surface area contributed by atoms with Gasteiger partial charge in [0.15, 0.2) is 0 Å². The van der Waals surface area contributed by atoms with E-state index in [1.54, 1.807) is 13.1 Å². The molecule has 1 aromatic carbocycles. The minimum atomic E-state index is 0.0973. The Morgan fingerprint density at radius 2 is 2.05 bits per heavy atom. The zero-order chi connectivity index (χ0) is 14.8. The van der Waals surface area contributed by atoms with Gasteiger partial charge in [0.2, 0.25) is 5.91 Å². The number of phenolic OH excluding ortho intramolecular Hbond substituents is 1. The zero-order valence-electron chi connectivity index (χ0n) is 12.0. The van der Waals surface area contributed by atoms with Crippen molar-refractivity contribution < 1.29 is 9.90 Å². The number of hydrogen-bond acceptors (Lipinski definition) is 4. The van der Waals surface area contributed by atoms with E-state index in [1.165, 1.54) is 0 Å². The van der Waals surface area contributed by atoms with Crippen LogP contribution in [0.1, 0.15) is 12.8 Å². The predicted molar refractivity (Wildman–Crippen MR) is 82.4 cm³/mol. The summed E-state index contributed by atoms with van der Waals surface area (Å²) in [6.45, 7) is 1.62. The lowest BCUT2D eigenvalue weighted by atomic mass is 9.96. The number of nitrogens with zero attached hydrogens (tertiary/aromatic N) is 2. The minimum Gasteiger partial charge on any atom is -0.506 e. The molecule has 1 amide bonds. The summed E-state index contributed by atoms with van der Waals surface area (Å²) in [6, 6.07) is 9.35. The maximum absolute atomic E-state index is 11.7. The van der Waals surface area contributed by atoms with Gasteiger partial charge in [0.1, 0.15) is 17.1 Å². The number of phenols is 1. The Bertz CT molecular complexity index is 664. The number of benzene rings is 1. The fourth-order valence-corrected chi connectivity index (χ4v) is 2.87. The third kappa shape index (κ3) is 2.63. The van der Waals surface area contributed by atoms with E-state index in [0.717, 1.165) is 37.1 Å². The van der Waals surface area contributed by atoms with E-state index in [-0.39, 0.29) is 17.6 Å². The predicted octanol–water partition coefficient (Wildman–Crippen LogP) is 1.90. The van der Waals surface area contributed by atoms with Crippen molar-refractivity contribution in [1.82, 2.24) is 10.3 Å². The van der Waals surface area contributed by atoms with Gasteiger partial charge < -0.3 is 15.3 Å². The van der Waals surface area contributed by atoms with Crippen LogP contribution in [-0.2, 0) is 4.79 Å². The highest BCUT2D eigenvalue weighted by Crippen LogP contribution is 2.27. The Morgan fingerprint density at radius 3 is 2.76 bits per heavy atom. The number of pyridine rings is 1. The molecule has 2 heterocycles. The summed E-state index contributed by atoms with van der Waals surface area (Å²) in [7, 11) is 1.68. The number of rotatable bonds is 2. The first-order chi connectivity index (χ1) is 10.2. The molecule has 1 saturated heterocycles. The van der Waals surface area contributed by atoms with Crippen LogP contribution in [0.25, 0.3) is 10.9 Å². The molecule has 1 aliphatic heterocycles. The number of nitrogens with one attached hydrogen (secondary N) is 1. The van der Waals surface area contributed by atoms with Gasteiger partial charge in [-0.05, 0) is 31.0 Å². The maximum Gasteiger partial charge on any atom is 0.222 e. The molecule has 3 rings (SSSR count). The number of aromatic hydroxyl groups is 1. The molecular weight excluding hydrogens is 266 g/mol. The fraction of sp³-hybridized carbons (Fsp3) is 0.375. The summed E-state index contributed by atoms with van der Waals surface area (Å²) < 4.78 is 0. The second-order valence-corrected chi connectivity index (χ2v) is 5.39. The van der Waals surface area contributed by atoms with E-state index in [4.69, 9.17) is 0 Å². The summed E-state index contributed by atoms with van der Waals surface area (Å²) >= 11 is 0. The van der Waals surface area contributed by atoms with Crippen molar-refractivity contribution in [2.75, 3.05) is 25.0 Å². The average molecular weight is 285 g/mol. The van der Waals surface area contributed by atoms with E-state index in [0.29, 0.717) is 5.52 Å². The average Bonchev–Trinajstić information content (AvgIpc) is 2.54. The van der Waals surface area contributed by atoms with E-state index in [9.17, 15) is 9.90 Å². The summed E-state index contributed by atoms with van der Waals surface area (Å²) in [4.78, 5) is 18.4. The molecule has 1 fully saturated rings. The largest absolute Gasteiger partial charge is 0.506 e. The number of carbonyl (C=O) groups excluding carboxylic acids is 1. The number of carbonyl (C=O) groups is 1. The second kappa shape index (κ2) is 5.60. The molecule has 110 valence electrons. The second-order valence-electron chi connectivity index (χ2n) is 5.39. The van der Waals surface area contributed by atoms with Crippen molar-refractivity contribution in [3.8, 4) is 5.75 Å². The monoisotopic (exact) mass is 285 g/mol. The van der Waals surface area contributed by atoms with Crippen LogP contribution in [0.15, 0.2) is 30.3 Å². The van der Waals surface area contributed by atoms with Crippen LogP contribution >= 0.6 is 0 Å². The van der Waals surface area contributed by atoms with Gasteiger partial charge in [-0.2, -0.15) is 0 Å². The number of piperidine rings is 1. The van der Waals surface area contributed by atoms with Gasteiger partial charge in [-0.25, -0.2) is 4.98 Å². The highest BCUT2D eigenvalue weighted by atomic mass is 16.3. The summed E-state index contributed by atoms with van der Waals surface area (Å²) in [5.41, 5.74) is 0.628. The van der Waals surface area contributed by atoms with Gasteiger partial charge in [0.25, 0.3) is 0 Å². The van der Waals surface area contributed by atoms with Crippen LogP contribution in [0.4, 0.5) is 5.82 Å². The number of aromatic nitrogens is 1. The lowest BCUT2D eigenvalue weighted by molar-refractivity contribution is -0.125. The maximum atomic E-state index is 11.7. The van der Waals surface area contributed by atoms with E-state index in [2.05, 4.69) is 15.2 Å². The Hall–Kier alpha value is -2.30. The summed E-state index contributed by atoms with van der Waals surface area (Å²) in [5.74, 6) is 1.29. The summed E-state index contributed by atoms with van der Waals surface area (Å²) in [5, 5.41) is 13.6. The molecule has 1 aromatic heterocycles. The molecule has 0 atom stereocenters. The Labute approximate surface area is 123 Å². The molecule has 0 spiro atoms. The molecule has 0 radical (unpaired) electrons. The molecular formula is C16H19N3O2. The quantitative estimate of drug-likeness (QED) is 0.884. The lowest BCUT2D eigenvalue weighted by Gasteiger charge is -2.32. The molecule has 0 saturated carbocycles. The van der Waals surface area contributed by atoms with Gasteiger partial charge in [-0.15, -0.1) is 0 Å². The molecule has 0 aliphatic carbocycles. The molecule has 1 aliphatic rings. The van der Waals surface area contributed by atoms with Gasteiger partial charge in [0.05, 0.1) is 0 Å². The zero-order valence-corrected chi connectivity index (χ0v) is 12.0. The number of amides is 1. The van der Waals surface area contributed by atoms with Crippen molar-refractivity contribution in [3.63, 3.8) is 0 Å². The van der Waals surface area contributed by atoms with E-state index in [1.807, 2.05) is 24.3 Å². The van der Waals surface area contributed by atoms with Crippen molar-refractivity contribution in [1.29, 1.82) is 0 Å². The Morgan fingerprint density at radius 1 is 1.29 bits per heavy atom. The first-order valence-corrected chi connectivity index (χ1v) is 7.24. The van der Waals surface area contributed by atoms with Crippen LogP contribution in [-0.4, -0.2) is 36.1 Å². The summed E-state index contributed by atoms with van der Waals surface area (Å²) in [6.07, 6.45) is 1.67. The van der Waals surface area contributed by atoms with Gasteiger partial charge >= 0.3 is 0 Å². The first-order valence-electron chi connectivity index (χ1n) is 7.24. The van der Waals surface area contributed by atoms with Crippen molar-refractivity contribution in [2.45, 2.75) is 12.8 Å². The molecule has 0 bridgehead atoms. The van der Waals surface area contributed by atoms with Crippen LogP contribution in [0.5, 0.6) is 5.75 Å². The van der Waals surface area contributed by atoms with Gasteiger partial charge in [-0.3, -0.25) is 4.79 Å². The standard InChI is InChI=1S/C16H19N3O2/c1-17-16(21)12-7-9-19(10-8-12)14-6-5-11-3-2-4-13(20)15(11)18-14/h2-6,12,20H,7-10H2,1H3,(H,17,21). The van der Waals surface area contributed by atoms with Crippen molar-refractivity contribution >= 4 is 22.6 Å². The van der Waals surface area contributed by atoms with Crippen LogP contribution in [0, 0.1) is 5.92 Å². The fourth-order valence-electron chi connectivity index (χ4n) is 2.87. The van der Waals surface area contributed by atoms with E-state index < -0.39 is 0 Å². The van der Waals surface area contributed by atoms with Crippen LogP contribution < -0.4 is 10.2 Å². The Balaban J connectivity index is 1.79. The number of anilines is 1. The number of hydrogen-bond donors (Lipinski definition) is 2. The van der Waals surface area contributed by atoms with E-state index >= 15 is 0 Å².